The standard InChI is InChI=1S/C13H16N2O3/c1-13(2)12(18)15(8-11(17)14-13)7-9-3-5-10(16)6-4-9/h3-6,16H,7-8H2,1-2H3,(H,14,17). The van der Waals surface area contributed by atoms with Crippen LogP contribution in [0.2, 0.25) is 0 Å². The fourth-order valence-electron chi connectivity index (χ4n) is 2.03. The second-order valence-electron chi connectivity index (χ2n) is 5.00. The molecule has 0 spiro atoms. The molecule has 0 radical (unpaired) electrons. The van der Waals surface area contributed by atoms with Gasteiger partial charge in [0.2, 0.25) is 11.8 Å². The van der Waals surface area contributed by atoms with Crippen molar-refractivity contribution in [2.45, 2.75) is 25.9 Å². The molecule has 1 aliphatic rings. The number of rotatable bonds is 2. The summed E-state index contributed by atoms with van der Waals surface area (Å²) in [4.78, 5) is 25.2. The second-order valence-corrected chi connectivity index (χ2v) is 5.00. The average molecular weight is 248 g/mol. The third kappa shape index (κ3) is 2.45. The summed E-state index contributed by atoms with van der Waals surface area (Å²) in [5.41, 5.74) is 0.0262. The third-order valence-corrected chi connectivity index (χ3v) is 2.92. The van der Waals surface area contributed by atoms with Crippen LogP contribution in [-0.4, -0.2) is 33.9 Å². The number of phenolic OH excluding ortho intramolecular Hbond substituents is 1. The molecule has 2 rings (SSSR count). The molecule has 5 heteroatoms. The monoisotopic (exact) mass is 248 g/mol. The highest BCUT2D eigenvalue weighted by molar-refractivity contribution is 5.97. The van der Waals surface area contributed by atoms with Crippen LogP contribution in [0.15, 0.2) is 24.3 Å². The summed E-state index contributed by atoms with van der Waals surface area (Å²) in [6.45, 7) is 3.82. The highest BCUT2D eigenvalue weighted by atomic mass is 16.3. The molecule has 1 aliphatic heterocycles. The number of hydrogen-bond donors (Lipinski definition) is 2. The predicted molar refractivity (Wildman–Crippen MR) is 65.7 cm³/mol. The van der Waals surface area contributed by atoms with Crippen LogP contribution in [0.1, 0.15) is 19.4 Å². The second kappa shape index (κ2) is 4.33. The molecule has 0 aliphatic carbocycles. The molecule has 0 aromatic heterocycles. The Labute approximate surface area is 105 Å². The first-order valence-electron chi connectivity index (χ1n) is 5.77. The molecule has 0 atom stereocenters. The molecule has 1 aromatic carbocycles. The zero-order chi connectivity index (χ0) is 13.3. The zero-order valence-corrected chi connectivity index (χ0v) is 10.4. The van der Waals surface area contributed by atoms with Crippen LogP contribution in [-0.2, 0) is 16.1 Å². The molecule has 1 aromatic rings. The zero-order valence-electron chi connectivity index (χ0n) is 10.4. The van der Waals surface area contributed by atoms with Gasteiger partial charge in [0.1, 0.15) is 11.3 Å². The van der Waals surface area contributed by atoms with Crippen molar-refractivity contribution in [2.75, 3.05) is 6.54 Å². The third-order valence-electron chi connectivity index (χ3n) is 2.92. The number of amides is 2. The molecular weight excluding hydrogens is 232 g/mol. The van der Waals surface area contributed by atoms with E-state index < -0.39 is 5.54 Å². The number of aromatic hydroxyl groups is 1. The lowest BCUT2D eigenvalue weighted by atomic mass is 10.00. The van der Waals surface area contributed by atoms with Crippen molar-refractivity contribution in [3.8, 4) is 5.75 Å². The molecule has 2 N–H and O–H groups in total. The first-order chi connectivity index (χ1) is 8.38. The maximum absolute atomic E-state index is 12.1. The summed E-state index contributed by atoms with van der Waals surface area (Å²) < 4.78 is 0. The summed E-state index contributed by atoms with van der Waals surface area (Å²) in [6, 6.07) is 6.61. The van der Waals surface area contributed by atoms with Crippen LogP contribution >= 0.6 is 0 Å². The topological polar surface area (TPSA) is 69.6 Å². The van der Waals surface area contributed by atoms with Gasteiger partial charge in [-0.25, -0.2) is 0 Å². The van der Waals surface area contributed by atoms with Crippen LogP contribution in [0.25, 0.3) is 0 Å². The summed E-state index contributed by atoms with van der Waals surface area (Å²) >= 11 is 0. The van der Waals surface area contributed by atoms with Gasteiger partial charge in [-0.15, -0.1) is 0 Å². The molecule has 1 heterocycles. The average Bonchev–Trinajstić information content (AvgIpc) is 2.28. The van der Waals surface area contributed by atoms with E-state index in [0.29, 0.717) is 6.54 Å². The fraction of sp³-hybridized carbons (Fsp3) is 0.385. The Hall–Kier alpha value is -2.04. The van der Waals surface area contributed by atoms with Gasteiger partial charge in [-0.05, 0) is 31.5 Å². The van der Waals surface area contributed by atoms with E-state index in [0.717, 1.165) is 5.56 Å². The van der Waals surface area contributed by atoms with Crippen molar-refractivity contribution in [1.82, 2.24) is 10.2 Å². The number of nitrogens with one attached hydrogen (secondary N) is 1. The van der Waals surface area contributed by atoms with Crippen molar-refractivity contribution in [3.05, 3.63) is 29.8 Å². The highest BCUT2D eigenvalue weighted by Crippen LogP contribution is 2.17. The molecule has 0 bridgehead atoms. The Morgan fingerprint density at radius 2 is 1.89 bits per heavy atom. The molecule has 1 saturated heterocycles. The number of phenols is 1. The number of carbonyl (C=O) groups is 2. The molecular formula is C13H16N2O3. The lowest BCUT2D eigenvalue weighted by Crippen LogP contribution is -2.63. The maximum atomic E-state index is 12.1. The molecule has 0 unspecified atom stereocenters. The van der Waals surface area contributed by atoms with Gasteiger partial charge in [0, 0.05) is 6.54 Å². The number of benzene rings is 1. The normalized spacial score (nSPS) is 18.7. The quantitative estimate of drug-likeness (QED) is 0.806. The molecule has 0 saturated carbocycles. The summed E-state index contributed by atoms with van der Waals surface area (Å²) in [6.07, 6.45) is 0. The van der Waals surface area contributed by atoms with Crippen LogP contribution in [0.3, 0.4) is 0 Å². The van der Waals surface area contributed by atoms with Gasteiger partial charge in [0.15, 0.2) is 0 Å². The van der Waals surface area contributed by atoms with Crippen molar-refractivity contribution >= 4 is 11.8 Å². The van der Waals surface area contributed by atoms with Gasteiger partial charge >= 0.3 is 0 Å². The van der Waals surface area contributed by atoms with Crippen LogP contribution in [0.4, 0.5) is 0 Å². The first kappa shape index (κ1) is 12.4. The van der Waals surface area contributed by atoms with Crippen molar-refractivity contribution < 1.29 is 14.7 Å². The Bertz CT molecular complexity index is 480. The van der Waals surface area contributed by atoms with E-state index in [1.807, 2.05) is 0 Å². The fourth-order valence-corrected chi connectivity index (χ4v) is 2.03. The first-order valence-corrected chi connectivity index (χ1v) is 5.77. The van der Waals surface area contributed by atoms with Gasteiger partial charge in [-0.2, -0.15) is 0 Å². The predicted octanol–water partition coefficient (Wildman–Crippen LogP) is 0.629. The SMILES string of the molecule is CC1(C)NC(=O)CN(Cc2ccc(O)cc2)C1=O. The Kier molecular flexibility index (Phi) is 2.98. The molecule has 18 heavy (non-hydrogen) atoms. The molecule has 96 valence electrons. The molecule has 5 nitrogen and oxygen atoms in total. The highest BCUT2D eigenvalue weighted by Gasteiger charge is 2.38. The maximum Gasteiger partial charge on any atom is 0.248 e. The van der Waals surface area contributed by atoms with Gasteiger partial charge < -0.3 is 15.3 Å². The van der Waals surface area contributed by atoms with Gasteiger partial charge in [0.05, 0.1) is 6.54 Å². The van der Waals surface area contributed by atoms with Gasteiger partial charge in [-0.3, -0.25) is 9.59 Å². The van der Waals surface area contributed by atoms with Crippen LogP contribution in [0, 0.1) is 0 Å². The van der Waals surface area contributed by atoms with E-state index in [1.165, 1.54) is 4.90 Å². The Morgan fingerprint density at radius 1 is 1.28 bits per heavy atom. The summed E-state index contributed by atoms with van der Waals surface area (Å²) in [5.74, 6) is -0.0738. The Morgan fingerprint density at radius 3 is 2.50 bits per heavy atom. The molecule has 2 amide bonds. The minimum absolute atomic E-state index is 0.0726. The number of hydrogen-bond acceptors (Lipinski definition) is 3. The van der Waals surface area contributed by atoms with E-state index in [-0.39, 0.29) is 24.1 Å². The summed E-state index contributed by atoms with van der Waals surface area (Å²) in [5, 5.41) is 11.9. The minimum atomic E-state index is -0.855. The van der Waals surface area contributed by atoms with E-state index in [1.54, 1.807) is 38.1 Å². The number of piperazine rings is 1. The van der Waals surface area contributed by atoms with Crippen molar-refractivity contribution in [3.63, 3.8) is 0 Å². The largest absolute Gasteiger partial charge is 0.508 e. The van der Waals surface area contributed by atoms with Crippen LogP contribution < -0.4 is 5.32 Å². The van der Waals surface area contributed by atoms with Crippen LogP contribution in [0.5, 0.6) is 5.75 Å². The van der Waals surface area contributed by atoms with Crippen molar-refractivity contribution in [2.24, 2.45) is 0 Å². The summed E-state index contributed by atoms with van der Waals surface area (Å²) in [7, 11) is 0. The van der Waals surface area contributed by atoms with E-state index in [4.69, 9.17) is 0 Å². The number of carbonyl (C=O) groups excluding carboxylic acids is 2. The minimum Gasteiger partial charge on any atom is -0.508 e. The lowest BCUT2D eigenvalue weighted by Gasteiger charge is -2.37. The van der Waals surface area contributed by atoms with Gasteiger partial charge in [-0.1, -0.05) is 12.1 Å². The molecule has 1 fully saturated rings. The van der Waals surface area contributed by atoms with E-state index in [9.17, 15) is 14.7 Å². The van der Waals surface area contributed by atoms with Gasteiger partial charge in [0.25, 0.3) is 0 Å². The number of nitrogens with zero attached hydrogens (tertiary/aromatic N) is 1. The van der Waals surface area contributed by atoms with Crippen molar-refractivity contribution in [1.29, 1.82) is 0 Å². The van der Waals surface area contributed by atoms with E-state index >= 15 is 0 Å². The Balaban J connectivity index is 2.15. The van der Waals surface area contributed by atoms with E-state index in [2.05, 4.69) is 5.32 Å². The smallest absolute Gasteiger partial charge is 0.248 e. The lowest BCUT2D eigenvalue weighted by molar-refractivity contribution is -0.148.